The van der Waals surface area contributed by atoms with E-state index in [-0.39, 0.29) is 29.6 Å². The summed E-state index contributed by atoms with van der Waals surface area (Å²) in [6.07, 6.45) is 9.13. The van der Waals surface area contributed by atoms with Crippen molar-refractivity contribution < 1.29 is 49.0 Å². The minimum atomic E-state index is -1.34. The number of aliphatic carboxylic acids is 1. The van der Waals surface area contributed by atoms with Crippen LogP contribution >= 0.6 is 0 Å². The van der Waals surface area contributed by atoms with Crippen LogP contribution in [0.2, 0.25) is 0 Å². The number of carboxylic acid groups (broad SMARTS) is 1. The Morgan fingerprint density at radius 2 is 1.60 bits per heavy atom. The SMILES string of the molecule is C=CC(=O)OC(CCCCCCCCCC)C(=O)[O-].[Na+]. The van der Waals surface area contributed by atoms with Crippen molar-refractivity contribution in [3.63, 3.8) is 0 Å². The van der Waals surface area contributed by atoms with E-state index in [1.54, 1.807) is 0 Å². The smallest absolute Gasteiger partial charge is 0.546 e. The van der Waals surface area contributed by atoms with Gasteiger partial charge in [-0.25, -0.2) is 4.79 Å². The maximum atomic E-state index is 10.9. The molecule has 1 atom stereocenters. The summed E-state index contributed by atoms with van der Waals surface area (Å²) in [7, 11) is 0. The second-order valence-electron chi connectivity index (χ2n) is 4.71. The van der Waals surface area contributed by atoms with E-state index in [9.17, 15) is 14.7 Å². The maximum Gasteiger partial charge on any atom is 1.00 e. The van der Waals surface area contributed by atoms with Gasteiger partial charge in [0.05, 0.1) is 5.97 Å². The first-order chi connectivity index (χ1) is 9.11. The topological polar surface area (TPSA) is 66.4 Å². The second kappa shape index (κ2) is 15.1. The molecule has 0 N–H and O–H groups in total. The molecule has 0 amide bonds. The maximum absolute atomic E-state index is 10.9. The van der Waals surface area contributed by atoms with Gasteiger partial charge >= 0.3 is 35.5 Å². The molecular weight excluding hydrogens is 267 g/mol. The van der Waals surface area contributed by atoms with Crippen molar-refractivity contribution in [2.24, 2.45) is 0 Å². The Morgan fingerprint density at radius 3 is 2.05 bits per heavy atom. The largest absolute Gasteiger partial charge is 1.00 e. The summed E-state index contributed by atoms with van der Waals surface area (Å²) in [4.78, 5) is 21.7. The average molecular weight is 292 g/mol. The van der Waals surface area contributed by atoms with Gasteiger partial charge in [0.25, 0.3) is 0 Å². The molecule has 0 saturated carbocycles. The first kappa shape index (κ1) is 22.0. The molecule has 0 aromatic carbocycles. The summed E-state index contributed by atoms with van der Waals surface area (Å²) < 4.78 is 4.70. The van der Waals surface area contributed by atoms with Crippen molar-refractivity contribution in [1.82, 2.24) is 0 Å². The zero-order chi connectivity index (χ0) is 14.5. The molecule has 110 valence electrons. The van der Waals surface area contributed by atoms with Crippen molar-refractivity contribution in [3.8, 4) is 0 Å². The Hall–Kier alpha value is -0.320. The van der Waals surface area contributed by atoms with Gasteiger partial charge < -0.3 is 14.6 Å². The summed E-state index contributed by atoms with van der Waals surface area (Å²) in [5.74, 6) is -2.05. The van der Waals surface area contributed by atoms with Gasteiger partial charge in [-0.3, -0.25) is 0 Å². The molecule has 4 nitrogen and oxygen atoms in total. The Kier molecular flexibility index (Phi) is 16.6. The number of ether oxygens (including phenoxy) is 1. The van der Waals surface area contributed by atoms with Gasteiger partial charge in [-0.1, -0.05) is 58.4 Å². The van der Waals surface area contributed by atoms with Gasteiger partial charge in [0.2, 0.25) is 0 Å². The predicted molar refractivity (Wildman–Crippen MR) is 72.3 cm³/mol. The summed E-state index contributed by atoms with van der Waals surface area (Å²) in [6, 6.07) is 0. The number of unbranched alkanes of at least 4 members (excludes halogenated alkanes) is 7. The van der Waals surface area contributed by atoms with Gasteiger partial charge in [-0.15, -0.1) is 0 Å². The molecule has 0 rings (SSSR count). The number of esters is 1. The quantitative estimate of drug-likeness (QED) is 0.208. The average Bonchev–Trinajstić information content (AvgIpc) is 2.39. The van der Waals surface area contributed by atoms with E-state index in [2.05, 4.69) is 13.5 Å². The summed E-state index contributed by atoms with van der Waals surface area (Å²) in [5, 5.41) is 10.8. The molecule has 1 unspecified atom stereocenters. The molecule has 0 saturated heterocycles. The third-order valence-electron chi connectivity index (χ3n) is 3.01. The molecule has 0 aromatic rings. The first-order valence-electron chi connectivity index (χ1n) is 7.15. The first-order valence-corrected chi connectivity index (χ1v) is 7.15. The number of carboxylic acids is 1. The number of hydrogen-bond acceptors (Lipinski definition) is 4. The second-order valence-corrected chi connectivity index (χ2v) is 4.71. The van der Waals surface area contributed by atoms with Crippen LogP contribution in [-0.2, 0) is 14.3 Å². The fourth-order valence-corrected chi connectivity index (χ4v) is 1.88. The van der Waals surface area contributed by atoms with Gasteiger partial charge in [-0.05, 0) is 12.8 Å². The Labute approximate surface area is 144 Å². The van der Waals surface area contributed by atoms with Crippen LogP contribution in [0.3, 0.4) is 0 Å². The van der Waals surface area contributed by atoms with E-state index in [1.165, 1.54) is 32.1 Å². The van der Waals surface area contributed by atoms with E-state index in [0.29, 0.717) is 6.42 Å². The van der Waals surface area contributed by atoms with Crippen LogP contribution in [0.5, 0.6) is 0 Å². The Balaban J connectivity index is 0. The minimum Gasteiger partial charge on any atom is -0.546 e. The number of hydrogen-bond donors (Lipinski definition) is 0. The van der Waals surface area contributed by atoms with Crippen molar-refractivity contribution in [3.05, 3.63) is 12.7 Å². The fraction of sp³-hybridized carbons (Fsp3) is 0.733. The van der Waals surface area contributed by atoms with Crippen LogP contribution in [0.4, 0.5) is 0 Å². The molecule has 5 heteroatoms. The van der Waals surface area contributed by atoms with Crippen molar-refractivity contribution in [1.29, 1.82) is 0 Å². The van der Waals surface area contributed by atoms with E-state index < -0.39 is 18.0 Å². The normalized spacial score (nSPS) is 11.2. The summed E-state index contributed by atoms with van der Waals surface area (Å²) in [6.45, 7) is 5.42. The standard InChI is InChI=1S/C15H26O4.Na/c1-3-5-6-7-8-9-10-11-12-13(15(17)18)19-14(16)4-2;/h4,13H,2-3,5-12H2,1H3,(H,17,18);/q;+1/p-1. The van der Waals surface area contributed by atoms with Gasteiger partial charge in [0.1, 0.15) is 6.10 Å². The zero-order valence-electron chi connectivity index (χ0n) is 12.9. The van der Waals surface area contributed by atoms with Crippen LogP contribution in [0, 0.1) is 0 Å². The summed E-state index contributed by atoms with van der Waals surface area (Å²) >= 11 is 0. The third-order valence-corrected chi connectivity index (χ3v) is 3.01. The molecule has 0 radical (unpaired) electrons. The van der Waals surface area contributed by atoms with E-state index >= 15 is 0 Å². The molecule has 0 heterocycles. The minimum absolute atomic E-state index is 0. The molecule has 0 aliphatic carbocycles. The van der Waals surface area contributed by atoms with Crippen LogP contribution in [0.15, 0.2) is 12.7 Å². The van der Waals surface area contributed by atoms with Crippen LogP contribution < -0.4 is 34.7 Å². The van der Waals surface area contributed by atoms with Crippen molar-refractivity contribution >= 4 is 11.9 Å². The zero-order valence-corrected chi connectivity index (χ0v) is 14.9. The van der Waals surface area contributed by atoms with Crippen LogP contribution in [0.1, 0.15) is 64.7 Å². The molecule has 0 fully saturated rings. The Bertz CT molecular complexity index is 279. The van der Waals surface area contributed by atoms with E-state index in [1.807, 2.05) is 0 Å². The van der Waals surface area contributed by atoms with Gasteiger partial charge in [-0.2, -0.15) is 0 Å². The Morgan fingerprint density at radius 1 is 1.10 bits per heavy atom. The molecule has 0 bridgehead atoms. The van der Waals surface area contributed by atoms with Crippen LogP contribution in [0.25, 0.3) is 0 Å². The third kappa shape index (κ3) is 12.7. The van der Waals surface area contributed by atoms with Crippen molar-refractivity contribution in [2.75, 3.05) is 0 Å². The van der Waals surface area contributed by atoms with Crippen molar-refractivity contribution in [2.45, 2.75) is 70.8 Å². The van der Waals surface area contributed by atoms with Gasteiger partial charge in [0.15, 0.2) is 0 Å². The number of rotatable bonds is 12. The van der Waals surface area contributed by atoms with Gasteiger partial charge in [0, 0.05) is 6.08 Å². The summed E-state index contributed by atoms with van der Waals surface area (Å²) in [5.41, 5.74) is 0. The molecular formula is C15H25NaO4. The predicted octanol–water partition coefficient (Wildman–Crippen LogP) is -0.631. The molecule has 0 aliphatic rings. The fourth-order valence-electron chi connectivity index (χ4n) is 1.88. The molecule has 0 aliphatic heterocycles. The number of carbonyl (C=O) groups excluding carboxylic acids is 2. The van der Waals surface area contributed by atoms with E-state index in [4.69, 9.17) is 4.74 Å². The van der Waals surface area contributed by atoms with Crippen LogP contribution in [-0.4, -0.2) is 18.0 Å². The molecule has 0 aromatic heterocycles. The number of carbonyl (C=O) groups is 2. The molecule has 0 spiro atoms. The monoisotopic (exact) mass is 292 g/mol. The van der Waals surface area contributed by atoms with E-state index in [0.717, 1.165) is 25.3 Å². The molecule has 20 heavy (non-hydrogen) atoms.